The van der Waals surface area contributed by atoms with Gasteiger partial charge in [0.2, 0.25) is 11.8 Å². The number of H-pyrrole nitrogens is 2. The first kappa shape index (κ1) is 43.1. The van der Waals surface area contributed by atoms with Crippen LogP contribution < -0.4 is 15.4 Å². The number of likely N-dealkylation sites (tertiary alicyclic amines) is 2. The van der Waals surface area contributed by atoms with Gasteiger partial charge in [-0.05, 0) is 103 Å². The molecule has 64 heavy (non-hydrogen) atoms. The molecular weight excluding hydrogens is 817 g/mol. The van der Waals surface area contributed by atoms with Crippen LogP contribution in [0, 0.1) is 11.8 Å². The molecule has 0 saturated carbocycles. The van der Waals surface area contributed by atoms with E-state index in [1.54, 1.807) is 0 Å². The maximum atomic E-state index is 14.5. The Balaban J connectivity index is 0.964. The van der Waals surface area contributed by atoms with Crippen LogP contribution in [0.2, 0.25) is 0 Å². The van der Waals surface area contributed by atoms with E-state index in [1.165, 1.54) is 14.2 Å². The SMILES string of the molecule is CC[C@H]1CCC(c2nc3c(ccc4cc5c(cc43)OCc3cc(-c4cnc(C6CCCN6C(=O)C(NC(=O)OC)[C@@H](C)CC)[nH]4)ccc3-5)[nH]2)N1C(=O)[C@@H](NC(=O)OC)C1CCOCC1. The van der Waals surface area contributed by atoms with Crippen LogP contribution in [0.15, 0.2) is 48.7 Å². The summed E-state index contributed by atoms with van der Waals surface area (Å²) in [6, 6.07) is 12.8. The highest BCUT2D eigenvalue weighted by Crippen LogP contribution is 2.44. The van der Waals surface area contributed by atoms with Crippen molar-refractivity contribution in [1.29, 1.82) is 0 Å². The molecule has 4 N–H and O–H groups in total. The van der Waals surface area contributed by atoms with Crippen molar-refractivity contribution >= 4 is 45.8 Å². The minimum atomic E-state index is -0.720. The van der Waals surface area contributed by atoms with Crippen molar-refractivity contribution in [3.8, 4) is 28.1 Å². The van der Waals surface area contributed by atoms with Gasteiger partial charge in [0.1, 0.15) is 36.1 Å². The van der Waals surface area contributed by atoms with Gasteiger partial charge in [-0.25, -0.2) is 19.6 Å². The summed E-state index contributed by atoms with van der Waals surface area (Å²) >= 11 is 0. The molecular formula is C48H58N8O8. The molecule has 6 heterocycles. The van der Waals surface area contributed by atoms with Gasteiger partial charge in [-0.15, -0.1) is 0 Å². The summed E-state index contributed by atoms with van der Waals surface area (Å²) in [4.78, 5) is 73.9. The van der Waals surface area contributed by atoms with Gasteiger partial charge < -0.3 is 49.3 Å². The fraction of sp³-hybridized carbons (Fsp3) is 0.500. The van der Waals surface area contributed by atoms with Crippen molar-refractivity contribution in [2.75, 3.05) is 34.0 Å². The molecule has 3 fully saturated rings. The van der Waals surface area contributed by atoms with Crippen molar-refractivity contribution in [2.24, 2.45) is 11.8 Å². The number of methoxy groups -OCH3 is 2. The van der Waals surface area contributed by atoms with Gasteiger partial charge in [0, 0.05) is 36.8 Å². The average molecular weight is 875 g/mol. The number of ether oxygens (including phenoxy) is 4. The quantitative estimate of drug-likeness (QED) is 0.102. The molecule has 4 amide bonds. The number of nitrogens with one attached hydrogen (secondary N) is 4. The third-order valence-electron chi connectivity index (χ3n) is 14.1. The van der Waals surface area contributed by atoms with Crippen LogP contribution in [-0.4, -0.2) is 106 Å². The summed E-state index contributed by atoms with van der Waals surface area (Å²) in [5.41, 5.74) is 6.62. The summed E-state index contributed by atoms with van der Waals surface area (Å²) in [5, 5.41) is 7.61. The number of hydrogen-bond acceptors (Lipinski definition) is 10. The Kier molecular flexibility index (Phi) is 12.2. The molecule has 4 aliphatic rings. The Morgan fingerprint density at radius 1 is 0.875 bits per heavy atom. The lowest BCUT2D eigenvalue weighted by Crippen LogP contribution is -2.54. The van der Waals surface area contributed by atoms with E-state index in [4.69, 9.17) is 28.9 Å². The Labute approximate surface area is 372 Å². The highest BCUT2D eigenvalue weighted by Gasteiger charge is 2.44. The number of alkyl carbamates (subject to hydrolysis) is 2. The molecule has 3 aromatic carbocycles. The fourth-order valence-electron chi connectivity index (χ4n) is 10.3. The molecule has 3 saturated heterocycles. The van der Waals surface area contributed by atoms with E-state index in [1.807, 2.05) is 35.9 Å². The number of aromatic amines is 2. The predicted molar refractivity (Wildman–Crippen MR) is 239 cm³/mol. The minimum Gasteiger partial charge on any atom is -0.488 e. The summed E-state index contributed by atoms with van der Waals surface area (Å²) < 4.78 is 21.8. The van der Waals surface area contributed by atoms with Gasteiger partial charge in [-0.1, -0.05) is 45.4 Å². The van der Waals surface area contributed by atoms with Gasteiger partial charge in [-0.3, -0.25) is 9.59 Å². The number of amides is 4. The third-order valence-corrected chi connectivity index (χ3v) is 14.1. The average Bonchev–Trinajstić information content (AvgIpc) is 4.17. The summed E-state index contributed by atoms with van der Waals surface area (Å²) in [6.45, 7) is 8.11. The van der Waals surface area contributed by atoms with E-state index in [2.05, 4.69) is 63.9 Å². The first-order chi connectivity index (χ1) is 31.1. The van der Waals surface area contributed by atoms with E-state index in [0.29, 0.717) is 45.0 Å². The monoisotopic (exact) mass is 874 g/mol. The molecule has 4 aliphatic heterocycles. The third kappa shape index (κ3) is 8.01. The zero-order valence-corrected chi connectivity index (χ0v) is 37.2. The van der Waals surface area contributed by atoms with Crippen LogP contribution in [0.1, 0.15) is 101 Å². The number of carbonyl (C=O) groups is 4. The number of benzene rings is 3. The van der Waals surface area contributed by atoms with Crippen LogP contribution in [0.5, 0.6) is 5.75 Å². The lowest BCUT2D eigenvalue weighted by molar-refractivity contribution is -0.139. The topological polar surface area (TPSA) is 193 Å². The Bertz CT molecular complexity index is 2560. The molecule has 0 bridgehead atoms. The highest BCUT2D eigenvalue weighted by atomic mass is 16.5. The highest BCUT2D eigenvalue weighted by molar-refractivity contribution is 6.07. The zero-order chi connectivity index (χ0) is 44.6. The van der Waals surface area contributed by atoms with Crippen molar-refractivity contribution in [3.05, 3.63) is 65.9 Å². The van der Waals surface area contributed by atoms with E-state index in [9.17, 15) is 19.2 Å². The van der Waals surface area contributed by atoms with Crippen LogP contribution in [0.25, 0.3) is 44.2 Å². The summed E-state index contributed by atoms with van der Waals surface area (Å²) in [7, 11) is 2.62. The number of aromatic nitrogens is 4. The molecule has 0 aliphatic carbocycles. The normalized spacial score (nSPS) is 21.2. The van der Waals surface area contributed by atoms with E-state index in [-0.39, 0.29) is 41.8 Å². The van der Waals surface area contributed by atoms with Crippen LogP contribution >= 0.6 is 0 Å². The maximum Gasteiger partial charge on any atom is 0.407 e. The van der Waals surface area contributed by atoms with Crippen LogP contribution in [0.4, 0.5) is 9.59 Å². The first-order valence-electron chi connectivity index (χ1n) is 22.8. The van der Waals surface area contributed by atoms with E-state index in [0.717, 1.165) is 99.9 Å². The molecule has 2 aromatic heterocycles. The number of hydrogen-bond donors (Lipinski definition) is 4. The van der Waals surface area contributed by atoms with Crippen molar-refractivity contribution in [2.45, 2.75) is 109 Å². The molecule has 16 heteroatoms. The van der Waals surface area contributed by atoms with Crippen molar-refractivity contribution < 1.29 is 38.1 Å². The second-order valence-electron chi connectivity index (χ2n) is 17.6. The van der Waals surface area contributed by atoms with E-state index >= 15 is 0 Å². The fourth-order valence-corrected chi connectivity index (χ4v) is 10.3. The van der Waals surface area contributed by atoms with Gasteiger partial charge in [-0.2, -0.15) is 0 Å². The zero-order valence-electron chi connectivity index (χ0n) is 37.2. The first-order valence-corrected chi connectivity index (χ1v) is 22.8. The molecule has 6 atom stereocenters. The van der Waals surface area contributed by atoms with Crippen molar-refractivity contribution in [3.63, 3.8) is 0 Å². The number of carbonyl (C=O) groups excluding carboxylic acids is 4. The van der Waals surface area contributed by atoms with Crippen LogP contribution in [0.3, 0.4) is 0 Å². The second kappa shape index (κ2) is 18.1. The molecule has 9 rings (SSSR count). The molecule has 0 radical (unpaired) electrons. The number of imidazole rings is 2. The Morgan fingerprint density at radius 2 is 1.67 bits per heavy atom. The molecule has 5 aromatic rings. The standard InChI is InChI=1S/C48H58N8O8/c1-6-26(3)40(53-47(59)61-4)45(57)55-18-8-9-37(55)43-49-24-36(51-43)29-10-13-32-30(21-29)25-64-39-23-33-28(22-34(32)39)11-14-35-42(33)52-44(50-35)38-15-12-31(7-2)56(38)46(58)41(54-48(60)62-5)27-16-19-63-20-17-27/h10-11,13-14,21-24,26-27,31,37-38,40-41H,6-9,12,15-20,25H2,1-5H3,(H,49,51)(H,50,52)(H,53,59)(H,54,60)/t26-,31-,37?,38?,40?,41-/m0/s1. The molecule has 338 valence electrons. The minimum absolute atomic E-state index is 0.0134. The lowest BCUT2D eigenvalue weighted by Gasteiger charge is -2.36. The van der Waals surface area contributed by atoms with Crippen molar-refractivity contribution in [1.82, 2.24) is 40.4 Å². The van der Waals surface area contributed by atoms with E-state index < -0.39 is 24.3 Å². The smallest absolute Gasteiger partial charge is 0.407 e. The molecule has 0 spiro atoms. The Morgan fingerprint density at radius 3 is 2.44 bits per heavy atom. The largest absolute Gasteiger partial charge is 0.488 e. The lowest BCUT2D eigenvalue weighted by atomic mass is 9.90. The molecule has 16 nitrogen and oxygen atoms in total. The maximum absolute atomic E-state index is 14.5. The Hall–Kier alpha value is -6.16. The summed E-state index contributed by atoms with van der Waals surface area (Å²) in [5.74, 6) is 1.85. The molecule has 3 unspecified atom stereocenters. The van der Waals surface area contributed by atoms with Gasteiger partial charge in [0.15, 0.2) is 0 Å². The van der Waals surface area contributed by atoms with Crippen LogP contribution in [-0.2, 0) is 30.4 Å². The van der Waals surface area contributed by atoms with Gasteiger partial charge >= 0.3 is 12.2 Å². The number of rotatable bonds is 11. The number of fused-ring (bicyclic) bond motifs is 6. The van der Waals surface area contributed by atoms with Gasteiger partial charge in [0.05, 0.1) is 49.2 Å². The number of nitrogens with zero attached hydrogens (tertiary/aromatic N) is 4. The van der Waals surface area contributed by atoms with Gasteiger partial charge in [0.25, 0.3) is 0 Å². The second-order valence-corrected chi connectivity index (χ2v) is 17.6. The predicted octanol–water partition coefficient (Wildman–Crippen LogP) is 7.69. The summed E-state index contributed by atoms with van der Waals surface area (Å²) in [6.07, 6.45) is 6.66.